The number of piperidine rings is 1. The summed E-state index contributed by atoms with van der Waals surface area (Å²) in [5.74, 6) is 1.73. The predicted molar refractivity (Wildman–Crippen MR) is 78.6 cm³/mol. The van der Waals surface area contributed by atoms with E-state index in [1.54, 1.807) is 0 Å². The summed E-state index contributed by atoms with van der Waals surface area (Å²) in [7, 11) is 0. The van der Waals surface area contributed by atoms with Crippen LogP contribution in [0.2, 0.25) is 0 Å². The molecule has 0 spiro atoms. The molecule has 0 aromatic rings. The van der Waals surface area contributed by atoms with Crippen LogP contribution in [0.1, 0.15) is 65.7 Å². The van der Waals surface area contributed by atoms with Crippen molar-refractivity contribution in [1.82, 2.24) is 4.90 Å². The second kappa shape index (κ2) is 6.38. The Labute approximate surface area is 113 Å². The molecule has 0 amide bonds. The van der Waals surface area contributed by atoms with Crippen LogP contribution in [-0.2, 0) is 0 Å². The molecule has 2 aliphatic rings. The van der Waals surface area contributed by atoms with E-state index in [1.807, 2.05) is 0 Å². The van der Waals surface area contributed by atoms with Gasteiger partial charge in [0, 0.05) is 18.1 Å². The minimum absolute atomic E-state index is 0.333. The van der Waals surface area contributed by atoms with E-state index in [2.05, 4.69) is 25.7 Å². The van der Waals surface area contributed by atoms with Crippen LogP contribution < -0.4 is 5.73 Å². The smallest absolute Gasteiger partial charge is 0.0247 e. The fraction of sp³-hybridized carbons (Fsp3) is 1.00. The first-order valence-corrected chi connectivity index (χ1v) is 8.12. The second-order valence-electron chi connectivity index (χ2n) is 6.92. The SMILES string of the molecule is CC(C)C1CCCCC1N1CCCCC1C(C)N. The molecule has 1 saturated carbocycles. The maximum Gasteiger partial charge on any atom is 0.0247 e. The Morgan fingerprint density at radius 2 is 1.61 bits per heavy atom. The van der Waals surface area contributed by atoms with Crippen LogP contribution in [0.5, 0.6) is 0 Å². The van der Waals surface area contributed by atoms with Gasteiger partial charge in [-0.25, -0.2) is 0 Å². The Kier molecular flexibility index (Phi) is 5.08. The summed E-state index contributed by atoms with van der Waals surface area (Å²) < 4.78 is 0. The topological polar surface area (TPSA) is 29.3 Å². The fourth-order valence-electron chi connectivity index (χ4n) is 4.29. The largest absolute Gasteiger partial charge is 0.327 e. The summed E-state index contributed by atoms with van der Waals surface area (Å²) in [6, 6.07) is 1.79. The van der Waals surface area contributed by atoms with Crippen molar-refractivity contribution in [1.29, 1.82) is 0 Å². The Hall–Kier alpha value is -0.0800. The minimum Gasteiger partial charge on any atom is -0.327 e. The molecule has 1 aliphatic carbocycles. The molecule has 106 valence electrons. The lowest BCUT2D eigenvalue weighted by Gasteiger charge is -2.48. The zero-order valence-corrected chi connectivity index (χ0v) is 12.6. The van der Waals surface area contributed by atoms with Gasteiger partial charge in [0.25, 0.3) is 0 Å². The van der Waals surface area contributed by atoms with Crippen LogP contribution in [0.3, 0.4) is 0 Å². The van der Waals surface area contributed by atoms with Gasteiger partial charge in [0.2, 0.25) is 0 Å². The average molecular weight is 252 g/mol. The lowest BCUT2D eigenvalue weighted by atomic mass is 9.75. The van der Waals surface area contributed by atoms with Crippen molar-refractivity contribution in [2.75, 3.05) is 6.54 Å². The zero-order chi connectivity index (χ0) is 13.1. The maximum absolute atomic E-state index is 6.24. The van der Waals surface area contributed by atoms with Gasteiger partial charge in [-0.3, -0.25) is 4.90 Å². The molecule has 0 radical (unpaired) electrons. The van der Waals surface area contributed by atoms with Crippen molar-refractivity contribution in [2.24, 2.45) is 17.6 Å². The molecule has 4 atom stereocenters. The third-order valence-corrected chi connectivity index (χ3v) is 5.26. The molecule has 0 aromatic carbocycles. The van der Waals surface area contributed by atoms with Gasteiger partial charge in [-0.05, 0) is 51.0 Å². The molecule has 0 aromatic heterocycles. The summed E-state index contributed by atoms with van der Waals surface area (Å²) in [5, 5.41) is 0. The molecule has 18 heavy (non-hydrogen) atoms. The van der Waals surface area contributed by atoms with E-state index < -0.39 is 0 Å². The molecular weight excluding hydrogens is 220 g/mol. The van der Waals surface area contributed by atoms with Gasteiger partial charge in [-0.1, -0.05) is 33.1 Å². The van der Waals surface area contributed by atoms with E-state index in [4.69, 9.17) is 5.73 Å². The fourth-order valence-corrected chi connectivity index (χ4v) is 4.29. The van der Waals surface area contributed by atoms with Gasteiger partial charge in [-0.2, -0.15) is 0 Å². The van der Waals surface area contributed by atoms with E-state index in [1.165, 1.54) is 51.5 Å². The van der Waals surface area contributed by atoms with Crippen molar-refractivity contribution in [3.63, 3.8) is 0 Å². The van der Waals surface area contributed by atoms with Gasteiger partial charge in [0.15, 0.2) is 0 Å². The maximum atomic E-state index is 6.24. The Morgan fingerprint density at radius 3 is 2.28 bits per heavy atom. The van der Waals surface area contributed by atoms with Crippen molar-refractivity contribution >= 4 is 0 Å². The molecule has 1 heterocycles. The summed E-state index contributed by atoms with van der Waals surface area (Å²) >= 11 is 0. The molecule has 1 saturated heterocycles. The third kappa shape index (κ3) is 3.08. The van der Waals surface area contributed by atoms with Crippen molar-refractivity contribution in [3.8, 4) is 0 Å². The van der Waals surface area contributed by atoms with Gasteiger partial charge in [-0.15, -0.1) is 0 Å². The summed E-state index contributed by atoms with van der Waals surface area (Å²) in [6.45, 7) is 8.32. The van der Waals surface area contributed by atoms with Crippen LogP contribution in [0, 0.1) is 11.8 Å². The quantitative estimate of drug-likeness (QED) is 0.834. The number of rotatable bonds is 3. The van der Waals surface area contributed by atoms with Crippen molar-refractivity contribution in [3.05, 3.63) is 0 Å². The van der Waals surface area contributed by atoms with Crippen molar-refractivity contribution in [2.45, 2.75) is 83.8 Å². The molecule has 2 fully saturated rings. The Morgan fingerprint density at radius 1 is 0.944 bits per heavy atom. The molecule has 2 nitrogen and oxygen atoms in total. The first-order chi connectivity index (χ1) is 8.61. The first-order valence-electron chi connectivity index (χ1n) is 8.12. The lowest BCUT2D eigenvalue weighted by molar-refractivity contribution is 0.0157. The van der Waals surface area contributed by atoms with Crippen molar-refractivity contribution < 1.29 is 0 Å². The zero-order valence-electron chi connectivity index (χ0n) is 12.6. The predicted octanol–water partition coefficient (Wildman–Crippen LogP) is 3.40. The van der Waals surface area contributed by atoms with Gasteiger partial charge in [0.05, 0.1) is 0 Å². The molecule has 4 unspecified atom stereocenters. The number of nitrogens with zero attached hydrogens (tertiary/aromatic N) is 1. The minimum atomic E-state index is 0.333. The third-order valence-electron chi connectivity index (χ3n) is 5.26. The highest BCUT2D eigenvalue weighted by Crippen LogP contribution is 2.36. The number of hydrogen-bond acceptors (Lipinski definition) is 2. The molecule has 0 bridgehead atoms. The number of nitrogens with two attached hydrogens (primary N) is 1. The lowest BCUT2D eigenvalue weighted by Crippen LogP contribution is -2.56. The number of likely N-dealkylation sites (tertiary alicyclic amines) is 1. The standard InChI is InChI=1S/C16H32N2/c1-12(2)14-8-4-5-10-16(14)18-11-7-6-9-15(18)13(3)17/h12-16H,4-11,17H2,1-3H3. The number of hydrogen-bond donors (Lipinski definition) is 1. The monoisotopic (exact) mass is 252 g/mol. The molecule has 1 aliphatic heterocycles. The van der Waals surface area contributed by atoms with Gasteiger partial charge in [0.1, 0.15) is 0 Å². The molecule has 2 rings (SSSR count). The van der Waals surface area contributed by atoms with E-state index in [0.717, 1.165) is 17.9 Å². The highest BCUT2D eigenvalue weighted by molar-refractivity contribution is 4.92. The van der Waals surface area contributed by atoms with Gasteiger partial charge < -0.3 is 5.73 Å². The van der Waals surface area contributed by atoms with Crippen LogP contribution in [-0.4, -0.2) is 29.6 Å². The highest BCUT2D eigenvalue weighted by atomic mass is 15.2. The van der Waals surface area contributed by atoms with E-state index in [-0.39, 0.29) is 0 Å². The van der Waals surface area contributed by atoms with E-state index in [9.17, 15) is 0 Å². The summed E-state index contributed by atoms with van der Waals surface area (Å²) in [5.41, 5.74) is 6.24. The van der Waals surface area contributed by atoms with Crippen LogP contribution in [0.4, 0.5) is 0 Å². The molecule has 2 heteroatoms. The Bertz CT molecular complexity index is 223. The summed E-state index contributed by atoms with van der Waals surface area (Å²) in [4.78, 5) is 2.80. The highest BCUT2D eigenvalue weighted by Gasteiger charge is 2.37. The average Bonchev–Trinajstić information content (AvgIpc) is 2.38. The normalized spacial score (nSPS) is 36.8. The van der Waals surface area contributed by atoms with Crippen LogP contribution in [0.15, 0.2) is 0 Å². The van der Waals surface area contributed by atoms with Crippen LogP contribution in [0.25, 0.3) is 0 Å². The van der Waals surface area contributed by atoms with E-state index >= 15 is 0 Å². The van der Waals surface area contributed by atoms with Gasteiger partial charge >= 0.3 is 0 Å². The van der Waals surface area contributed by atoms with E-state index in [0.29, 0.717) is 12.1 Å². The first kappa shape index (κ1) is 14.3. The molecular formula is C16H32N2. The summed E-state index contributed by atoms with van der Waals surface area (Å²) in [6.07, 6.45) is 9.79. The van der Waals surface area contributed by atoms with Crippen LogP contribution >= 0.6 is 0 Å². The Balaban J connectivity index is 2.10. The second-order valence-corrected chi connectivity index (χ2v) is 6.92. The molecule has 2 N–H and O–H groups in total.